The summed E-state index contributed by atoms with van der Waals surface area (Å²) >= 11 is 0. The lowest BCUT2D eigenvalue weighted by molar-refractivity contribution is -0.185. The standard InChI is InChI=1S/C18H36N2O/c1-13-15(19)9-8-14(18(13,6)7)10-20-11-16(2,3)21-17(4,5)12-20/h13-15H,8-12,19H2,1-7H3. The fourth-order valence-corrected chi connectivity index (χ4v) is 4.65. The van der Waals surface area contributed by atoms with Gasteiger partial charge in [0.1, 0.15) is 0 Å². The van der Waals surface area contributed by atoms with Crippen LogP contribution in [-0.4, -0.2) is 41.8 Å². The van der Waals surface area contributed by atoms with E-state index >= 15 is 0 Å². The van der Waals surface area contributed by atoms with Gasteiger partial charge >= 0.3 is 0 Å². The summed E-state index contributed by atoms with van der Waals surface area (Å²) in [4.78, 5) is 2.62. The Kier molecular flexibility index (Phi) is 4.52. The summed E-state index contributed by atoms with van der Waals surface area (Å²) in [6.07, 6.45) is 2.43. The summed E-state index contributed by atoms with van der Waals surface area (Å²) in [6.45, 7) is 19.3. The maximum Gasteiger partial charge on any atom is 0.0760 e. The largest absolute Gasteiger partial charge is 0.367 e. The average Bonchev–Trinajstić information content (AvgIpc) is 2.26. The second kappa shape index (κ2) is 5.50. The number of nitrogens with two attached hydrogens (primary N) is 1. The third-order valence-corrected chi connectivity index (χ3v) is 5.96. The molecule has 3 atom stereocenters. The Hall–Kier alpha value is -0.120. The zero-order valence-corrected chi connectivity index (χ0v) is 15.2. The van der Waals surface area contributed by atoms with Gasteiger partial charge in [-0.1, -0.05) is 20.8 Å². The van der Waals surface area contributed by atoms with Crippen molar-refractivity contribution in [1.82, 2.24) is 4.90 Å². The first-order chi connectivity index (χ1) is 9.43. The van der Waals surface area contributed by atoms with Crippen molar-refractivity contribution in [2.75, 3.05) is 19.6 Å². The van der Waals surface area contributed by atoms with E-state index in [0.29, 0.717) is 17.4 Å². The molecule has 2 fully saturated rings. The molecule has 2 N–H and O–H groups in total. The monoisotopic (exact) mass is 296 g/mol. The molecule has 21 heavy (non-hydrogen) atoms. The van der Waals surface area contributed by atoms with Gasteiger partial charge in [-0.15, -0.1) is 0 Å². The molecule has 0 bridgehead atoms. The second-order valence-corrected chi connectivity index (χ2v) is 9.34. The van der Waals surface area contributed by atoms with E-state index in [2.05, 4.69) is 53.4 Å². The van der Waals surface area contributed by atoms with Crippen molar-refractivity contribution in [3.05, 3.63) is 0 Å². The maximum atomic E-state index is 6.30. The quantitative estimate of drug-likeness (QED) is 0.850. The molecule has 0 amide bonds. The summed E-state index contributed by atoms with van der Waals surface area (Å²) < 4.78 is 6.21. The average molecular weight is 296 g/mol. The molecule has 124 valence electrons. The topological polar surface area (TPSA) is 38.5 Å². The van der Waals surface area contributed by atoms with Crippen LogP contribution < -0.4 is 5.73 Å². The fraction of sp³-hybridized carbons (Fsp3) is 1.00. The smallest absolute Gasteiger partial charge is 0.0760 e. The van der Waals surface area contributed by atoms with Crippen LogP contribution in [0.2, 0.25) is 0 Å². The van der Waals surface area contributed by atoms with E-state index in [1.807, 2.05) is 0 Å². The van der Waals surface area contributed by atoms with Crippen molar-refractivity contribution in [2.24, 2.45) is 23.0 Å². The van der Waals surface area contributed by atoms with Gasteiger partial charge in [0, 0.05) is 25.7 Å². The van der Waals surface area contributed by atoms with Gasteiger partial charge in [-0.05, 0) is 57.8 Å². The fourth-order valence-electron chi connectivity index (χ4n) is 4.65. The Morgan fingerprint density at radius 1 is 1.00 bits per heavy atom. The number of hydrogen-bond donors (Lipinski definition) is 1. The highest BCUT2D eigenvalue weighted by molar-refractivity contribution is 4.96. The first kappa shape index (κ1) is 17.2. The molecule has 1 aliphatic carbocycles. The molecule has 3 heteroatoms. The van der Waals surface area contributed by atoms with Gasteiger partial charge in [0.2, 0.25) is 0 Å². The van der Waals surface area contributed by atoms with Crippen LogP contribution >= 0.6 is 0 Å². The molecule has 0 aromatic carbocycles. The van der Waals surface area contributed by atoms with E-state index in [1.165, 1.54) is 19.4 Å². The minimum Gasteiger partial charge on any atom is -0.367 e. The van der Waals surface area contributed by atoms with Crippen molar-refractivity contribution in [3.63, 3.8) is 0 Å². The van der Waals surface area contributed by atoms with Crippen molar-refractivity contribution >= 4 is 0 Å². The third-order valence-electron chi connectivity index (χ3n) is 5.96. The Labute approximate surface area is 131 Å². The van der Waals surface area contributed by atoms with Crippen LogP contribution in [0.15, 0.2) is 0 Å². The first-order valence-electron chi connectivity index (χ1n) is 8.61. The first-order valence-corrected chi connectivity index (χ1v) is 8.61. The molecule has 0 aromatic heterocycles. The molecule has 3 nitrogen and oxygen atoms in total. The molecular weight excluding hydrogens is 260 g/mol. The summed E-state index contributed by atoms with van der Waals surface area (Å²) in [5.41, 5.74) is 6.52. The second-order valence-electron chi connectivity index (χ2n) is 9.34. The van der Waals surface area contributed by atoms with Crippen LogP contribution in [0.5, 0.6) is 0 Å². The Morgan fingerprint density at radius 2 is 1.52 bits per heavy atom. The van der Waals surface area contributed by atoms with Gasteiger partial charge < -0.3 is 10.5 Å². The molecule has 2 rings (SSSR count). The molecule has 0 aromatic rings. The highest BCUT2D eigenvalue weighted by Crippen LogP contribution is 2.45. The molecule has 0 spiro atoms. The van der Waals surface area contributed by atoms with E-state index in [-0.39, 0.29) is 11.2 Å². The molecule has 2 aliphatic rings. The van der Waals surface area contributed by atoms with Crippen LogP contribution in [0.25, 0.3) is 0 Å². The van der Waals surface area contributed by atoms with E-state index in [0.717, 1.165) is 19.0 Å². The normalized spacial score (nSPS) is 39.1. The number of morpholine rings is 1. The van der Waals surface area contributed by atoms with Crippen LogP contribution in [0.4, 0.5) is 0 Å². The predicted molar refractivity (Wildman–Crippen MR) is 89.3 cm³/mol. The molecule has 1 saturated carbocycles. The number of rotatable bonds is 2. The summed E-state index contributed by atoms with van der Waals surface area (Å²) in [7, 11) is 0. The maximum absolute atomic E-state index is 6.30. The van der Waals surface area contributed by atoms with Crippen molar-refractivity contribution < 1.29 is 4.74 Å². The van der Waals surface area contributed by atoms with Gasteiger partial charge in [-0.25, -0.2) is 0 Å². The number of hydrogen-bond acceptors (Lipinski definition) is 3. The van der Waals surface area contributed by atoms with Gasteiger partial charge in [0.25, 0.3) is 0 Å². The van der Waals surface area contributed by atoms with Crippen molar-refractivity contribution in [2.45, 2.75) is 78.6 Å². The molecule has 1 saturated heterocycles. The van der Waals surface area contributed by atoms with E-state index < -0.39 is 0 Å². The molecule has 1 aliphatic heterocycles. The van der Waals surface area contributed by atoms with Crippen molar-refractivity contribution in [3.8, 4) is 0 Å². The number of nitrogens with zero attached hydrogens (tertiary/aromatic N) is 1. The lowest BCUT2D eigenvalue weighted by Gasteiger charge is -2.52. The van der Waals surface area contributed by atoms with E-state index in [4.69, 9.17) is 10.5 Å². The zero-order chi connectivity index (χ0) is 16.1. The lowest BCUT2D eigenvalue weighted by atomic mass is 9.61. The summed E-state index contributed by atoms with van der Waals surface area (Å²) in [5.74, 6) is 1.33. The van der Waals surface area contributed by atoms with Crippen molar-refractivity contribution in [1.29, 1.82) is 0 Å². The lowest BCUT2D eigenvalue weighted by Crippen LogP contribution is -2.59. The van der Waals surface area contributed by atoms with E-state index in [9.17, 15) is 0 Å². The minimum atomic E-state index is -0.0530. The van der Waals surface area contributed by atoms with Crippen LogP contribution in [0, 0.1) is 17.3 Å². The Bertz CT molecular complexity index is 359. The summed E-state index contributed by atoms with van der Waals surface area (Å²) in [6, 6.07) is 0.369. The highest BCUT2D eigenvalue weighted by atomic mass is 16.5. The van der Waals surface area contributed by atoms with Crippen LogP contribution in [0.1, 0.15) is 61.3 Å². The molecule has 1 heterocycles. The van der Waals surface area contributed by atoms with Crippen LogP contribution in [-0.2, 0) is 4.74 Å². The molecular formula is C18H36N2O. The van der Waals surface area contributed by atoms with Gasteiger partial charge in [0.05, 0.1) is 11.2 Å². The molecule has 0 radical (unpaired) electrons. The summed E-state index contributed by atoms with van der Waals surface area (Å²) in [5, 5.41) is 0. The van der Waals surface area contributed by atoms with Gasteiger partial charge in [-0.2, -0.15) is 0 Å². The SMILES string of the molecule is CC1C(N)CCC(CN2CC(C)(C)OC(C)(C)C2)C1(C)C. The van der Waals surface area contributed by atoms with Crippen LogP contribution in [0.3, 0.4) is 0 Å². The Balaban J connectivity index is 2.07. The number of ether oxygens (including phenoxy) is 1. The molecule has 3 unspecified atom stereocenters. The predicted octanol–water partition coefficient (Wildman–Crippen LogP) is 3.28. The third kappa shape index (κ3) is 3.80. The highest BCUT2D eigenvalue weighted by Gasteiger charge is 2.44. The zero-order valence-electron chi connectivity index (χ0n) is 15.2. The van der Waals surface area contributed by atoms with Gasteiger partial charge in [-0.3, -0.25) is 4.90 Å². The van der Waals surface area contributed by atoms with Gasteiger partial charge in [0.15, 0.2) is 0 Å². The van der Waals surface area contributed by atoms with E-state index in [1.54, 1.807) is 0 Å². The Morgan fingerprint density at radius 3 is 2.05 bits per heavy atom. The minimum absolute atomic E-state index is 0.0530.